The zero-order valence-electron chi connectivity index (χ0n) is 14.3. The van der Waals surface area contributed by atoms with Crippen LogP contribution in [0.5, 0.6) is 0 Å². The normalized spacial score (nSPS) is 10.7. The van der Waals surface area contributed by atoms with Crippen molar-refractivity contribution >= 4 is 28.6 Å². The number of carbonyl (C=O) groups is 1. The van der Waals surface area contributed by atoms with E-state index in [2.05, 4.69) is 5.10 Å². The Kier molecular flexibility index (Phi) is 5.87. The van der Waals surface area contributed by atoms with Crippen molar-refractivity contribution in [3.05, 3.63) is 85.6 Å². The molecule has 3 rings (SSSR count). The van der Waals surface area contributed by atoms with E-state index in [4.69, 9.17) is 4.74 Å². The van der Waals surface area contributed by atoms with E-state index in [9.17, 15) is 9.59 Å². The van der Waals surface area contributed by atoms with E-state index in [0.29, 0.717) is 29.0 Å². The average molecular weight is 463 g/mol. The first-order valence-corrected chi connectivity index (χ1v) is 9.28. The van der Waals surface area contributed by atoms with Crippen LogP contribution in [0, 0.1) is 3.70 Å². The molecule has 0 fully saturated rings. The van der Waals surface area contributed by atoms with Gasteiger partial charge >= 0.3 is 5.97 Å². The Labute approximate surface area is 164 Å². The van der Waals surface area contributed by atoms with Crippen LogP contribution in [0.15, 0.2) is 59.7 Å². The molecule has 7 heteroatoms. The molecule has 2 heterocycles. The van der Waals surface area contributed by atoms with Gasteiger partial charge in [0.1, 0.15) is 9.26 Å². The fraction of sp³-hybridized carbons (Fsp3) is 0.211. The Morgan fingerprint density at radius 3 is 2.46 bits per heavy atom. The van der Waals surface area contributed by atoms with Gasteiger partial charge in [-0.3, -0.25) is 9.48 Å². The van der Waals surface area contributed by atoms with Crippen LogP contribution in [-0.4, -0.2) is 26.9 Å². The first-order valence-electron chi connectivity index (χ1n) is 8.20. The van der Waals surface area contributed by atoms with Crippen LogP contribution in [0.3, 0.4) is 0 Å². The quantitative estimate of drug-likeness (QED) is 0.417. The summed E-state index contributed by atoms with van der Waals surface area (Å²) in [6, 6.07) is 13.1. The molecular formula is C19H18IN3O3. The summed E-state index contributed by atoms with van der Waals surface area (Å²) in [4.78, 5) is 23.6. The number of hydrogen-bond donors (Lipinski definition) is 0. The van der Waals surface area contributed by atoms with Crippen LogP contribution in [0.25, 0.3) is 0 Å². The lowest BCUT2D eigenvalue weighted by molar-refractivity contribution is 0.0525. The molecule has 3 aromatic rings. The van der Waals surface area contributed by atoms with E-state index < -0.39 is 0 Å². The van der Waals surface area contributed by atoms with E-state index in [1.54, 1.807) is 40.7 Å². The number of rotatable bonds is 6. The maximum Gasteiger partial charge on any atom is 0.342 e. The van der Waals surface area contributed by atoms with Crippen molar-refractivity contribution in [2.75, 3.05) is 6.61 Å². The predicted molar refractivity (Wildman–Crippen MR) is 106 cm³/mol. The van der Waals surface area contributed by atoms with E-state index in [0.717, 1.165) is 11.1 Å². The van der Waals surface area contributed by atoms with Gasteiger partial charge in [-0.1, -0.05) is 30.3 Å². The highest BCUT2D eigenvalue weighted by Gasteiger charge is 2.15. The Morgan fingerprint density at radius 2 is 1.81 bits per heavy atom. The summed E-state index contributed by atoms with van der Waals surface area (Å²) in [6.45, 7) is 3.21. The number of aromatic nitrogens is 3. The third kappa shape index (κ3) is 4.40. The van der Waals surface area contributed by atoms with E-state index >= 15 is 0 Å². The fourth-order valence-electron chi connectivity index (χ4n) is 2.55. The van der Waals surface area contributed by atoms with Gasteiger partial charge in [0.15, 0.2) is 0 Å². The van der Waals surface area contributed by atoms with Crippen molar-refractivity contribution in [1.82, 2.24) is 14.3 Å². The van der Waals surface area contributed by atoms with Gasteiger partial charge in [0, 0.05) is 18.5 Å². The highest BCUT2D eigenvalue weighted by atomic mass is 127. The molecule has 0 aliphatic heterocycles. The zero-order chi connectivity index (χ0) is 18.5. The van der Waals surface area contributed by atoms with Crippen molar-refractivity contribution in [3.8, 4) is 0 Å². The topological polar surface area (TPSA) is 66.1 Å². The number of carbonyl (C=O) groups excluding carboxylic acids is 1. The van der Waals surface area contributed by atoms with Gasteiger partial charge in [0.05, 0.1) is 19.7 Å². The molecule has 0 amide bonds. The molecule has 0 atom stereocenters. The van der Waals surface area contributed by atoms with Crippen LogP contribution in [0.1, 0.15) is 28.4 Å². The number of halogens is 1. The van der Waals surface area contributed by atoms with Crippen LogP contribution in [0.2, 0.25) is 0 Å². The number of ether oxygens (including phenoxy) is 1. The van der Waals surface area contributed by atoms with Gasteiger partial charge < -0.3 is 9.30 Å². The summed E-state index contributed by atoms with van der Waals surface area (Å²) >= 11 is 2.03. The van der Waals surface area contributed by atoms with Crippen LogP contribution in [-0.2, 0) is 17.8 Å². The number of esters is 1. The molecule has 26 heavy (non-hydrogen) atoms. The minimum Gasteiger partial charge on any atom is -0.462 e. The predicted octanol–water partition coefficient (Wildman–Crippen LogP) is 2.92. The van der Waals surface area contributed by atoms with Crippen molar-refractivity contribution in [3.63, 3.8) is 0 Å². The minimum absolute atomic E-state index is 0.0193. The summed E-state index contributed by atoms with van der Waals surface area (Å²) in [5.74, 6) is -0.355. The molecule has 0 bridgehead atoms. The maximum absolute atomic E-state index is 11.9. The zero-order valence-corrected chi connectivity index (χ0v) is 16.4. The average Bonchev–Trinajstić information content (AvgIpc) is 2.99. The third-order valence-corrected chi connectivity index (χ3v) is 4.63. The first kappa shape index (κ1) is 18.4. The molecule has 0 aliphatic carbocycles. The third-order valence-electron chi connectivity index (χ3n) is 3.83. The molecule has 0 aliphatic rings. The molecule has 0 N–H and O–H groups in total. The van der Waals surface area contributed by atoms with E-state index in [1.807, 2.05) is 52.9 Å². The molecule has 0 spiro atoms. The number of nitrogens with zero attached hydrogens (tertiary/aromatic N) is 3. The molecule has 134 valence electrons. The Morgan fingerprint density at radius 1 is 1.12 bits per heavy atom. The molecule has 0 saturated heterocycles. The fourth-order valence-corrected chi connectivity index (χ4v) is 3.19. The van der Waals surface area contributed by atoms with Gasteiger partial charge in [-0.25, -0.2) is 4.79 Å². The molecule has 6 nitrogen and oxygen atoms in total. The number of pyridine rings is 1. The summed E-state index contributed by atoms with van der Waals surface area (Å²) in [5.41, 5.74) is 2.56. The molecule has 2 aromatic heterocycles. The number of benzene rings is 1. The Balaban J connectivity index is 1.70. The molecule has 0 unspecified atom stereocenters. The summed E-state index contributed by atoms with van der Waals surface area (Å²) in [5, 5.41) is 4.37. The van der Waals surface area contributed by atoms with Gasteiger partial charge in [-0.05, 0) is 46.7 Å². The lowest BCUT2D eigenvalue weighted by Gasteiger charge is -2.07. The highest BCUT2D eigenvalue weighted by molar-refractivity contribution is 14.1. The standard InChI is InChI=1S/C19H18IN3O3/c1-2-26-19(25)16-13-23(21-18(16)20)12-15-8-6-14(7-9-15)11-22-10-4-3-5-17(22)24/h3-10,13H,2,11-12H2,1H3. The van der Waals surface area contributed by atoms with E-state index in [-0.39, 0.29) is 11.5 Å². The molecular weight excluding hydrogens is 445 g/mol. The van der Waals surface area contributed by atoms with Crippen molar-refractivity contribution in [1.29, 1.82) is 0 Å². The summed E-state index contributed by atoms with van der Waals surface area (Å²) < 4.78 is 9.05. The van der Waals surface area contributed by atoms with Crippen LogP contribution < -0.4 is 5.56 Å². The molecule has 1 aromatic carbocycles. The van der Waals surface area contributed by atoms with E-state index in [1.165, 1.54) is 0 Å². The van der Waals surface area contributed by atoms with Crippen LogP contribution >= 0.6 is 22.6 Å². The monoisotopic (exact) mass is 463 g/mol. The van der Waals surface area contributed by atoms with Crippen LogP contribution in [0.4, 0.5) is 0 Å². The molecule has 0 radical (unpaired) electrons. The van der Waals surface area contributed by atoms with Gasteiger partial charge in [0.2, 0.25) is 0 Å². The largest absolute Gasteiger partial charge is 0.462 e. The number of hydrogen-bond acceptors (Lipinski definition) is 4. The van der Waals surface area contributed by atoms with Gasteiger partial charge in [-0.15, -0.1) is 0 Å². The lowest BCUT2D eigenvalue weighted by atomic mass is 10.1. The SMILES string of the molecule is CCOC(=O)c1cn(Cc2ccc(Cn3ccccc3=O)cc2)nc1I. The van der Waals surface area contributed by atoms with Crippen molar-refractivity contribution in [2.24, 2.45) is 0 Å². The maximum atomic E-state index is 11.9. The molecule has 0 saturated carbocycles. The van der Waals surface area contributed by atoms with Crippen molar-refractivity contribution < 1.29 is 9.53 Å². The Bertz CT molecular complexity index is 961. The first-order chi connectivity index (χ1) is 12.6. The smallest absolute Gasteiger partial charge is 0.342 e. The summed E-state index contributed by atoms with van der Waals surface area (Å²) in [6.07, 6.45) is 3.48. The van der Waals surface area contributed by atoms with Gasteiger partial charge in [0.25, 0.3) is 5.56 Å². The van der Waals surface area contributed by atoms with Gasteiger partial charge in [-0.2, -0.15) is 5.10 Å². The summed E-state index contributed by atoms with van der Waals surface area (Å²) in [7, 11) is 0. The second-order valence-electron chi connectivity index (χ2n) is 5.73. The minimum atomic E-state index is -0.355. The second kappa shape index (κ2) is 8.31. The highest BCUT2D eigenvalue weighted by Crippen LogP contribution is 2.14. The second-order valence-corrected chi connectivity index (χ2v) is 6.76. The Hall–Kier alpha value is -2.42. The van der Waals surface area contributed by atoms with Crippen molar-refractivity contribution in [2.45, 2.75) is 20.0 Å². The lowest BCUT2D eigenvalue weighted by Crippen LogP contribution is -2.18.